The van der Waals surface area contributed by atoms with Crippen LogP contribution in [0.3, 0.4) is 0 Å². The molecule has 0 aromatic heterocycles. The van der Waals surface area contributed by atoms with Crippen LogP contribution in [0.15, 0.2) is 0 Å². The van der Waals surface area contributed by atoms with Gasteiger partial charge in [0.2, 0.25) is 0 Å². The second-order valence-corrected chi connectivity index (χ2v) is 16.4. The Morgan fingerprint density at radius 2 is 0.528 bits per heavy atom. The van der Waals surface area contributed by atoms with E-state index in [2.05, 4.69) is 106 Å². The minimum atomic E-state index is -1.04. The summed E-state index contributed by atoms with van der Waals surface area (Å²) >= 11 is 15.9. The second kappa shape index (κ2) is 43.2. The van der Waals surface area contributed by atoms with Crippen molar-refractivity contribution in [2.75, 3.05) is 0 Å². The molecule has 0 aromatic rings. The molecule has 0 aliphatic rings. The van der Waals surface area contributed by atoms with E-state index in [9.17, 15) is 39.6 Å². The number of carbonyl (C=O) groups is 4. The van der Waals surface area contributed by atoms with Crippen LogP contribution in [-0.2, 0) is 19.2 Å². The molecule has 0 N–H and O–H groups in total. The van der Waals surface area contributed by atoms with E-state index in [1.54, 1.807) is 0 Å². The third-order valence-corrected chi connectivity index (χ3v) is 11.2. The fraction of sp³-hybridized carbons (Fsp3) is 0.900. The van der Waals surface area contributed by atoms with Crippen LogP contribution in [0.2, 0.25) is 0 Å². The van der Waals surface area contributed by atoms with Crippen LogP contribution in [0.4, 0.5) is 0 Å². The Balaban J connectivity index is -0.000000192. The molecule has 0 aromatic carbocycles. The predicted molar refractivity (Wildman–Crippen MR) is 229 cm³/mol. The molecule has 312 valence electrons. The topological polar surface area (TPSA) is 161 Å². The number of carboxylic acids is 4. The van der Waals surface area contributed by atoms with E-state index < -0.39 is 44.9 Å². The van der Waals surface area contributed by atoms with Gasteiger partial charge in [0.15, 0.2) is 0 Å². The van der Waals surface area contributed by atoms with Crippen molar-refractivity contribution in [1.29, 1.82) is 0 Å². The van der Waals surface area contributed by atoms with Crippen LogP contribution < -0.4 is 20.4 Å². The molecule has 8 nitrogen and oxygen atoms in total. The molecule has 0 fully saturated rings. The van der Waals surface area contributed by atoms with E-state index in [0.29, 0.717) is 49.4 Å². The van der Waals surface area contributed by atoms with Crippen molar-refractivity contribution in [3.05, 3.63) is 0 Å². The van der Waals surface area contributed by atoms with Crippen molar-refractivity contribution in [3.8, 4) is 0 Å². The van der Waals surface area contributed by atoms with Gasteiger partial charge >= 0.3 is 23.9 Å². The van der Waals surface area contributed by atoms with Gasteiger partial charge in [-0.15, -0.1) is 0 Å². The number of rotatable bonds is 28. The molecule has 0 saturated heterocycles. The van der Waals surface area contributed by atoms with Crippen LogP contribution in [0, 0.1) is 23.7 Å². The van der Waals surface area contributed by atoms with Gasteiger partial charge in [-0.2, -0.15) is 50.5 Å². The van der Waals surface area contributed by atoms with E-state index in [0.717, 1.165) is 51.4 Å². The molecule has 0 aliphatic carbocycles. The molecule has 0 spiro atoms. The third-order valence-electron chi connectivity index (χ3n) is 9.49. The Bertz CT molecular complexity index is 735. The number of thiol groups is 4. The predicted octanol–water partition coefficient (Wildman–Crippen LogP) is 6.18. The Hall–Kier alpha value is 0.0787. The average molecular weight is 932 g/mol. The fourth-order valence-corrected chi connectivity index (χ4v) is 6.77. The Morgan fingerprint density at radius 1 is 0.377 bits per heavy atom. The molecule has 53 heavy (non-hydrogen) atoms. The molecule has 8 atom stereocenters. The number of hydrogen-bond donors (Lipinski definition) is 4. The van der Waals surface area contributed by atoms with E-state index in [1.165, 1.54) is 51.4 Å². The van der Waals surface area contributed by atoms with E-state index in [1.807, 2.05) is 0 Å². The van der Waals surface area contributed by atoms with Gasteiger partial charge < -0.3 is 39.6 Å². The number of hydrogen-bond acceptors (Lipinski definition) is 12. The van der Waals surface area contributed by atoms with Crippen LogP contribution in [0.1, 0.15) is 184 Å². The first-order valence-electron chi connectivity index (χ1n) is 20.0. The first-order valence-corrected chi connectivity index (χ1v) is 22.1. The molecule has 0 amide bonds. The van der Waals surface area contributed by atoms with E-state index in [-0.39, 0.29) is 23.9 Å². The first-order chi connectivity index (χ1) is 24.5. The quantitative estimate of drug-likeness (QED) is 0.0535. The molecule has 8 unspecified atom stereocenters. The fourth-order valence-electron chi connectivity index (χ4n) is 5.57. The molecule has 0 aliphatic heterocycles. The van der Waals surface area contributed by atoms with Crippen molar-refractivity contribution in [1.82, 2.24) is 0 Å². The summed E-state index contributed by atoms with van der Waals surface area (Å²) in [5, 5.41) is 39.4. The van der Waals surface area contributed by atoms with Gasteiger partial charge in [-0.05, 0) is 49.4 Å². The standard InChI is InChI=1S/4C10H20O2S.Sn/c4*1-3-5-6-8(4-2)7-9(13)10(11)12;/h4*8-9,13H,3-7H2,1-2H3,(H,11,12);/q;;;;+4/p-4. The third kappa shape index (κ3) is 41.5. The first kappa shape index (κ1) is 62.3. The van der Waals surface area contributed by atoms with Crippen molar-refractivity contribution in [2.24, 2.45) is 23.7 Å². The van der Waals surface area contributed by atoms with Crippen LogP contribution in [-0.4, -0.2) is 68.8 Å². The number of aliphatic carboxylic acids is 4. The van der Waals surface area contributed by atoms with Gasteiger partial charge in [0.1, 0.15) is 0 Å². The summed E-state index contributed by atoms with van der Waals surface area (Å²) in [6, 6.07) is 0. The van der Waals surface area contributed by atoms with Crippen LogP contribution >= 0.6 is 50.5 Å². The second-order valence-electron chi connectivity index (χ2n) is 13.9. The Labute approximate surface area is 364 Å². The molecular weight excluding hydrogens is 855 g/mol. The molecule has 13 heteroatoms. The average Bonchev–Trinajstić information content (AvgIpc) is 3.11. The largest absolute Gasteiger partial charge is 4.00 e. The van der Waals surface area contributed by atoms with Gasteiger partial charge in [0.05, 0.1) is 23.9 Å². The van der Waals surface area contributed by atoms with Crippen molar-refractivity contribution in [3.63, 3.8) is 0 Å². The SMILES string of the molecule is CCCCC(CC)CC(S)C(=O)[O-].CCCCC(CC)CC(S)C(=O)[O-].CCCCC(CC)CC(S)C(=O)[O-].CCCCC(CC)CC(S)C(=O)[O-].[Sn+4]. The maximum absolute atomic E-state index is 10.4. The minimum Gasteiger partial charge on any atom is -0.549 e. The van der Waals surface area contributed by atoms with Crippen LogP contribution in [0.5, 0.6) is 0 Å². The normalized spacial score (nSPS) is 15.0. The van der Waals surface area contributed by atoms with Gasteiger partial charge in [0, 0.05) is 21.0 Å². The number of carbonyl (C=O) groups excluding carboxylic acids is 4. The molecule has 0 rings (SSSR count). The number of carboxylic acid groups (broad SMARTS) is 4. The maximum atomic E-state index is 10.4. The summed E-state index contributed by atoms with van der Waals surface area (Å²) in [6.45, 7) is 16.9. The zero-order chi connectivity index (χ0) is 41.1. The van der Waals surface area contributed by atoms with E-state index in [4.69, 9.17) is 0 Å². The summed E-state index contributed by atoms with van der Waals surface area (Å²) in [4.78, 5) is 41.7. The summed E-state index contributed by atoms with van der Waals surface area (Å²) < 4.78 is 0. The molecule has 0 radical (unpaired) electrons. The molecule has 0 bridgehead atoms. The number of unbranched alkanes of at least 4 members (excludes halogenated alkanes) is 4. The smallest absolute Gasteiger partial charge is 0.549 e. The van der Waals surface area contributed by atoms with Crippen molar-refractivity contribution in [2.45, 2.75) is 205 Å². The molecule has 0 heterocycles. The van der Waals surface area contributed by atoms with Gasteiger partial charge in [-0.1, -0.05) is 158 Å². The van der Waals surface area contributed by atoms with Crippen molar-refractivity contribution >= 4 is 98.3 Å². The zero-order valence-electron chi connectivity index (χ0n) is 34.3. The maximum Gasteiger partial charge on any atom is 4.00 e. The summed E-state index contributed by atoms with van der Waals surface area (Å²) in [6.07, 6.45) is 20.5. The van der Waals surface area contributed by atoms with Gasteiger partial charge in [-0.3, -0.25) is 0 Å². The minimum absolute atomic E-state index is 0. The van der Waals surface area contributed by atoms with Gasteiger partial charge in [-0.25, -0.2) is 0 Å². The summed E-state index contributed by atoms with van der Waals surface area (Å²) in [7, 11) is 0. The Morgan fingerprint density at radius 3 is 0.623 bits per heavy atom. The van der Waals surface area contributed by atoms with Gasteiger partial charge in [0.25, 0.3) is 0 Å². The monoisotopic (exact) mass is 932 g/mol. The zero-order valence-corrected chi connectivity index (χ0v) is 40.7. The Kier molecular flexibility index (Phi) is 50.8. The van der Waals surface area contributed by atoms with Crippen LogP contribution in [0.25, 0.3) is 0 Å². The summed E-state index contributed by atoms with van der Waals surface area (Å²) in [5.41, 5.74) is 0. The van der Waals surface area contributed by atoms with Crippen molar-refractivity contribution < 1.29 is 39.6 Å². The molecule has 0 saturated carbocycles. The summed E-state index contributed by atoms with van der Waals surface area (Å²) in [5.74, 6) is -2.23. The molecular formula is C40H76O8S4Sn. The van der Waals surface area contributed by atoms with E-state index >= 15 is 0 Å².